The van der Waals surface area contributed by atoms with Crippen LogP contribution in [0.3, 0.4) is 0 Å². The highest BCUT2D eigenvalue weighted by Gasteiger charge is 2.32. The normalized spacial score (nSPS) is 11.0. The largest absolute Gasteiger partial charge is 0.449 e. The van der Waals surface area contributed by atoms with Gasteiger partial charge in [0.25, 0.3) is 11.5 Å². The van der Waals surface area contributed by atoms with Crippen LogP contribution >= 0.6 is 0 Å². The van der Waals surface area contributed by atoms with E-state index in [-0.39, 0.29) is 5.75 Å². The van der Waals surface area contributed by atoms with E-state index >= 15 is 0 Å². The Morgan fingerprint density at radius 1 is 1.38 bits per heavy atom. The number of hydrogen-bond donors (Lipinski definition) is 1. The summed E-state index contributed by atoms with van der Waals surface area (Å²) in [6, 6.07) is 6.42. The maximum atomic E-state index is 13.5. The molecule has 1 N–H and O–H groups in total. The van der Waals surface area contributed by atoms with Crippen LogP contribution in [0.25, 0.3) is 0 Å². The molecule has 1 heterocycles. The summed E-state index contributed by atoms with van der Waals surface area (Å²) in [7, 11) is 0. The summed E-state index contributed by atoms with van der Waals surface area (Å²) in [5, 5.41) is 8.89. The number of benzene rings is 1. The lowest BCUT2D eigenvalue weighted by atomic mass is 10.1. The average Bonchev–Trinajstić information content (AvgIpc) is 2.39. The quantitative estimate of drug-likeness (QED) is 0.943. The molecule has 0 spiro atoms. The second kappa shape index (κ2) is 5.32. The highest BCUT2D eigenvalue weighted by Crippen LogP contribution is 2.32. The van der Waals surface area contributed by atoms with Crippen molar-refractivity contribution in [3.05, 3.63) is 51.7 Å². The molecule has 1 aromatic carbocycles. The van der Waals surface area contributed by atoms with Crippen LogP contribution in [0.15, 0.2) is 29.3 Å². The molecule has 0 radical (unpaired) electrons. The Bertz CT molecular complexity index is 773. The molecule has 0 saturated carbocycles. The molecular weight excluding hydrogens is 280 g/mol. The van der Waals surface area contributed by atoms with Crippen LogP contribution < -0.4 is 10.3 Å². The molecule has 0 saturated heterocycles. The molecule has 1 aromatic heterocycles. The molecule has 0 unspecified atom stereocenters. The van der Waals surface area contributed by atoms with Gasteiger partial charge in [-0.05, 0) is 30.7 Å². The number of hydrogen-bond acceptors (Lipinski definition) is 4. The zero-order chi connectivity index (χ0) is 15.6. The molecule has 0 amide bonds. The third-order valence-corrected chi connectivity index (χ3v) is 2.63. The third kappa shape index (κ3) is 3.23. The van der Waals surface area contributed by atoms with Crippen molar-refractivity contribution >= 4 is 0 Å². The predicted octanol–water partition coefficient (Wildman–Crippen LogP) is 2.85. The fourth-order valence-electron chi connectivity index (χ4n) is 1.78. The summed E-state index contributed by atoms with van der Waals surface area (Å²) < 4.78 is 32.2. The van der Waals surface area contributed by atoms with E-state index in [9.17, 15) is 13.6 Å². The molecule has 5 nitrogen and oxygen atoms in total. The Balaban J connectivity index is 2.53. The van der Waals surface area contributed by atoms with Gasteiger partial charge in [0.15, 0.2) is 5.69 Å². The van der Waals surface area contributed by atoms with E-state index in [2.05, 4.69) is 9.97 Å². The number of ether oxygens (including phenoxy) is 1. The van der Waals surface area contributed by atoms with Gasteiger partial charge in [0.2, 0.25) is 5.75 Å². The highest BCUT2D eigenvalue weighted by atomic mass is 19.3. The minimum atomic E-state index is -3.33. The predicted molar refractivity (Wildman–Crippen MR) is 70.4 cm³/mol. The summed E-state index contributed by atoms with van der Waals surface area (Å²) >= 11 is 0. The van der Waals surface area contributed by atoms with Crippen molar-refractivity contribution in [2.45, 2.75) is 19.8 Å². The fraction of sp³-hybridized carbons (Fsp3) is 0.214. The van der Waals surface area contributed by atoms with Crippen molar-refractivity contribution in [3.8, 4) is 17.6 Å². The second-order valence-corrected chi connectivity index (χ2v) is 4.55. The number of aromatic nitrogens is 2. The van der Waals surface area contributed by atoms with E-state index in [1.165, 1.54) is 12.1 Å². The topological polar surface area (TPSA) is 78.8 Å². The molecule has 108 valence electrons. The van der Waals surface area contributed by atoms with Crippen molar-refractivity contribution in [1.82, 2.24) is 9.97 Å². The van der Waals surface area contributed by atoms with Crippen molar-refractivity contribution in [3.63, 3.8) is 0 Å². The Hall–Kier alpha value is -2.75. The lowest BCUT2D eigenvalue weighted by molar-refractivity contribution is 0.0103. The lowest BCUT2D eigenvalue weighted by Crippen LogP contribution is -2.19. The van der Waals surface area contributed by atoms with Crippen LogP contribution in [-0.4, -0.2) is 9.97 Å². The molecule has 0 atom stereocenters. The molecular formula is C14H11F2N3O2. The summed E-state index contributed by atoms with van der Waals surface area (Å²) in [5.41, 5.74) is -0.572. The molecule has 0 bridgehead atoms. The maximum absolute atomic E-state index is 13.5. The number of aromatic amines is 1. The Labute approximate surface area is 118 Å². The third-order valence-electron chi connectivity index (χ3n) is 2.63. The number of aryl methyl sites for hydroxylation is 1. The molecule has 7 heteroatoms. The van der Waals surface area contributed by atoms with E-state index in [0.717, 1.165) is 6.33 Å². The number of H-pyrrole nitrogens is 1. The maximum Gasteiger partial charge on any atom is 0.294 e. The first-order chi connectivity index (χ1) is 9.81. The molecule has 0 aliphatic heterocycles. The number of nitrogens with zero attached hydrogens (tertiary/aromatic N) is 2. The molecule has 0 aliphatic carbocycles. The minimum absolute atomic E-state index is 0.121. The zero-order valence-electron chi connectivity index (χ0n) is 11.3. The Kier molecular flexibility index (Phi) is 3.72. The molecule has 0 fully saturated rings. The number of rotatable bonds is 3. The molecule has 2 aromatic rings. The van der Waals surface area contributed by atoms with E-state index < -0.39 is 22.9 Å². The average molecular weight is 291 g/mol. The zero-order valence-corrected chi connectivity index (χ0v) is 11.3. The van der Waals surface area contributed by atoms with Crippen molar-refractivity contribution in [1.29, 1.82) is 5.26 Å². The van der Waals surface area contributed by atoms with Crippen LogP contribution in [0.4, 0.5) is 8.78 Å². The van der Waals surface area contributed by atoms with Gasteiger partial charge in [-0.1, -0.05) is 0 Å². The first-order valence-electron chi connectivity index (χ1n) is 5.97. The highest BCUT2D eigenvalue weighted by molar-refractivity contribution is 5.43. The van der Waals surface area contributed by atoms with E-state index in [0.29, 0.717) is 18.1 Å². The SMILES string of the molecule is Cc1cc(C#N)cc(Oc2c(C(C)(F)F)nc[nH]c2=O)c1. The van der Waals surface area contributed by atoms with E-state index in [4.69, 9.17) is 10.00 Å². The second-order valence-electron chi connectivity index (χ2n) is 4.55. The van der Waals surface area contributed by atoms with Gasteiger partial charge in [-0.15, -0.1) is 0 Å². The van der Waals surface area contributed by atoms with Gasteiger partial charge < -0.3 is 9.72 Å². The molecule has 2 rings (SSSR count). The number of nitriles is 1. The lowest BCUT2D eigenvalue weighted by Gasteiger charge is -2.14. The minimum Gasteiger partial charge on any atom is -0.449 e. The monoisotopic (exact) mass is 291 g/mol. The van der Waals surface area contributed by atoms with Gasteiger partial charge in [-0.2, -0.15) is 14.0 Å². The fourth-order valence-corrected chi connectivity index (χ4v) is 1.78. The summed E-state index contributed by atoms with van der Waals surface area (Å²) in [5.74, 6) is -3.79. The van der Waals surface area contributed by atoms with Gasteiger partial charge in [-0.3, -0.25) is 4.79 Å². The summed E-state index contributed by atoms with van der Waals surface area (Å²) in [6.07, 6.45) is 0.888. The van der Waals surface area contributed by atoms with Crippen molar-refractivity contribution in [2.24, 2.45) is 0 Å². The van der Waals surface area contributed by atoms with Crippen molar-refractivity contribution in [2.75, 3.05) is 0 Å². The number of alkyl halides is 2. The number of halogens is 2. The van der Waals surface area contributed by atoms with Gasteiger partial charge >= 0.3 is 0 Å². The van der Waals surface area contributed by atoms with Gasteiger partial charge in [0.05, 0.1) is 18.0 Å². The van der Waals surface area contributed by atoms with Crippen molar-refractivity contribution < 1.29 is 13.5 Å². The summed E-state index contributed by atoms with van der Waals surface area (Å²) in [6.45, 7) is 2.34. The first kappa shape index (κ1) is 14.7. The molecule has 21 heavy (non-hydrogen) atoms. The van der Waals surface area contributed by atoms with Crippen LogP contribution in [0, 0.1) is 18.3 Å². The van der Waals surface area contributed by atoms with Crippen LogP contribution in [0.2, 0.25) is 0 Å². The standard InChI is InChI=1S/C14H11F2N3O2/c1-8-3-9(6-17)5-10(4-8)21-11-12(14(2,15)16)18-7-19-13(11)20/h3-5,7H,1-2H3,(H,18,19,20). The number of nitrogens with one attached hydrogen (secondary N) is 1. The Morgan fingerprint density at radius 3 is 2.71 bits per heavy atom. The van der Waals surface area contributed by atoms with Gasteiger partial charge in [0.1, 0.15) is 5.75 Å². The van der Waals surface area contributed by atoms with Crippen LogP contribution in [0.5, 0.6) is 11.5 Å². The Morgan fingerprint density at radius 2 is 2.10 bits per heavy atom. The molecule has 0 aliphatic rings. The van der Waals surface area contributed by atoms with Crippen LogP contribution in [0.1, 0.15) is 23.7 Å². The smallest absolute Gasteiger partial charge is 0.294 e. The van der Waals surface area contributed by atoms with E-state index in [1.54, 1.807) is 13.0 Å². The summed E-state index contributed by atoms with van der Waals surface area (Å²) in [4.78, 5) is 17.4. The first-order valence-corrected chi connectivity index (χ1v) is 5.97. The van der Waals surface area contributed by atoms with Gasteiger partial charge in [-0.25, -0.2) is 4.98 Å². The van der Waals surface area contributed by atoms with Gasteiger partial charge in [0, 0.05) is 6.92 Å². The van der Waals surface area contributed by atoms with E-state index in [1.807, 2.05) is 6.07 Å². The van der Waals surface area contributed by atoms with Crippen LogP contribution in [-0.2, 0) is 5.92 Å².